The summed E-state index contributed by atoms with van der Waals surface area (Å²) >= 11 is 0. The van der Waals surface area contributed by atoms with Gasteiger partial charge in [0.05, 0.1) is 0 Å². The number of aryl methyl sites for hydroxylation is 1. The van der Waals surface area contributed by atoms with Crippen LogP contribution in [0.4, 0.5) is 4.39 Å². The summed E-state index contributed by atoms with van der Waals surface area (Å²) in [5.41, 5.74) is 6.96. The Balaban J connectivity index is 2.14. The number of nitrogens with two attached hydrogens (primary N) is 1. The summed E-state index contributed by atoms with van der Waals surface area (Å²) in [5, 5.41) is 0.759. The summed E-state index contributed by atoms with van der Waals surface area (Å²) in [5.74, 6) is -1.38. The van der Waals surface area contributed by atoms with Crippen LogP contribution in [0.1, 0.15) is 5.56 Å². The molecule has 116 valence electrons. The Labute approximate surface area is 130 Å². The zero-order chi connectivity index (χ0) is 16.6. The molecule has 3 aromatic rings. The van der Waals surface area contributed by atoms with Crippen molar-refractivity contribution >= 4 is 23.0 Å². The van der Waals surface area contributed by atoms with Gasteiger partial charge in [0.2, 0.25) is 5.91 Å². The van der Waals surface area contributed by atoms with E-state index in [9.17, 15) is 14.0 Å². The quantitative estimate of drug-likeness (QED) is 0.719. The van der Waals surface area contributed by atoms with E-state index in [4.69, 9.17) is 5.73 Å². The van der Waals surface area contributed by atoms with E-state index in [2.05, 4.69) is 9.97 Å². The van der Waals surface area contributed by atoms with Crippen LogP contribution in [0.25, 0.3) is 28.2 Å². The van der Waals surface area contributed by atoms with Gasteiger partial charge < -0.3 is 15.3 Å². The molecule has 3 heterocycles. The first-order chi connectivity index (χ1) is 11.0. The summed E-state index contributed by atoms with van der Waals surface area (Å²) < 4.78 is 14.8. The van der Waals surface area contributed by atoms with Crippen LogP contribution in [-0.2, 0) is 11.8 Å². The third-order valence-electron chi connectivity index (χ3n) is 3.46. The number of aromatic amines is 1. The molecule has 23 heavy (non-hydrogen) atoms. The van der Waals surface area contributed by atoms with Crippen LogP contribution in [0.5, 0.6) is 0 Å². The van der Waals surface area contributed by atoms with E-state index < -0.39 is 17.3 Å². The van der Waals surface area contributed by atoms with Gasteiger partial charge in [-0.15, -0.1) is 0 Å². The molecule has 7 heteroatoms. The van der Waals surface area contributed by atoms with Gasteiger partial charge in [0.25, 0.3) is 5.56 Å². The Bertz CT molecular complexity index is 975. The van der Waals surface area contributed by atoms with Crippen molar-refractivity contribution in [2.45, 2.75) is 0 Å². The van der Waals surface area contributed by atoms with E-state index in [-0.39, 0.29) is 0 Å². The van der Waals surface area contributed by atoms with Gasteiger partial charge in [-0.1, -0.05) is 0 Å². The zero-order valence-electron chi connectivity index (χ0n) is 12.2. The first-order valence-corrected chi connectivity index (χ1v) is 6.77. The van der Waals surface area contributed by atoms with Crippen LogP contribution in [0.15, 0.2) is 41.6 Å². The molecule has 3 rings (SSSR count). The summed E-state index contributed by atoms with van der Waals surface area (Å²) in [6.45, 7) is 0. The van der Waals surface area contributed by atoms with Crippen LogP contribution >= 0.6 is 0 Å². The fourth-order valence-electron chi connectivity index (χ4n) is 2.32. The zero-order valence-corrected chi connectivity index (χ0v) is 12.2. The number of carbonyl (C=O) groups excluding carboxylic acids is 1. The van der Waals surface area contributed by atoms with Gasteiger partial charge in [-0.2, -0.15) is 0 Å². The predicted octanol–water partition coefficient (Wildman–Crippen LogP) is 1.57. The number of carbonyl (C=O) groups is 1. The topological polar surface area (TPSA) is 93.8 Å². The van der Waals surface area contributed by atoms with E-state index in [0.717, 1.165) is 10.9 Å². The molecule has 0 spiro atoms. The van der Waals surface area contributed by atoms with Gasteiger partial charge in [0.15, 0.2) is 5.82 Å². The maximum absolute atomic E-state index is 13.6. The number of pyridine rings is 2. The van der Waals surface area contributed by atoms with Gasteiger partial charge in [0, 0.05) is 53.8 Å². The molecule has 3 N–H and O–H groups in total. The molecule has 6 nitrogen and oxygen atoms in total. The smallest absolute Gasteiger partial charge is 0.286 e. The lowest BCUT2D eigenvalue weighted by Gasteiger charge is -2.05. The predicted molar refractivity (Wildman–Crippen MR) is 85.0 cm³/mol. The monoisotopic (exact) mass is 312 g/mol. The molecular formula is C16H13FN4O2. The maximum atomic E-state index is 13.6. The SMILES string of the molecule is Cn1cc(-c2cnc3[nH]cc(C=CC(N)=O)c3c2)cc(F)c1=O. The minimum Gasteiger partial charge on any atom is -0.366 e. The van der Waals surface area contributed by atoms with Crippen molar-refractivity contribution < 1.29 is 9.18 Å². The third-order valence-corrected chi connectivity index (χ3v) is 3.46. The lowest BCUT2D eigenvalue weighted by Crippen LogP contribution is -2.19. The molecule has 0 unspecified atom stereocenters. The van der Waals surface area contributed by atoms with Crippen LogP contribution in [0.3, 0.4) is 0 Å². The molecule has 0 saturated heterocycles. The van der Waals surface area contributed by atoms with Gasteiger partial charge >= 0.3 is 0 Å². The number of hydrogen-bond acceptors (Lipinski definition) is 3. The Morgan fingerprint density at radius 3 is 2.87 bits per heavy atom. The van der Waals surface area contributed by atoms with Crippen molar-refractivity contribution in [2.24, 2.45) is 12.8 Å². The van der Waals surface area contributed by atoms with Gasteiger partial charge in [0.1, 0.15) is 5.65 Å². The molecule has 0 radical (unpaired) electrons. The average Bonchev–Trinajstić information content (AvgIpc) is 2.92. The summed E-state index contributed by atoms with van der Waals surface area (Å²) in [7, 11) is 1.48. The fraction of sp³-hybridized carbons (Fsp3) is 0.0625. The van der Waals surface area contributed by atoms with Crippen molar-refractivity contribution in [3.63, 3.8) is 0 Å². The summed E-state index contributed by atoms with van der Waals surface area (Å²) in [6, 6.07) is 2.98. The first kappa shape index (κ1) is 14.7. The third kappa shape index (κ3) is 2.76. The van der Waals surface area contributed by atoms with E-state index in [1.807, 2.05) is 0 Å². The largest absolute Gasteiger partial charge is 0.366 e. The summed E-state index contributed by atoms with van der Waals surface area (Å²) in [4.78, 5) is 29.6. The van der Waals surface area contributed by atoms with E-state index >= 15 is 0 Å². The minimum absolute atomic E-state index is 0.532. The number of aromatic nitrogens is 3. The van der Waals surface area contributed by atoms with Crippen LogP contribution in [0.2, 0.25) is 0 Å². The van der Waals surface area contributed by atoms with Crippen molar-refractivity contribution in [2.75, 3.05) is 0 Å². The number of rotatable bonds is 3. The van der Waals surface area contributed by atoms with E-state index in [1.54, 1.807) is 30.7 Å². The first-order valence-electron chi connectivity index (χ1n) is 6.77. The van der Waals surface area contributed by atoms with Crippen LogP contribution < -0.4 is 11.3 Å². The highest BCUT2D eigenvalue weighted by Crippen LogP contribution is 2.25. The molecule has 0 bridgehead atoms. The fourth-order valence-corrected chi connectivity index (χ4v) is 2.32. The highest BCUT2D eigenvalue weighted by atomic mass is 19.1. The van der Waals surface area contributed by atoms with Crippen molar-refractivity contribution in [3.05, 3.63) is 58.5 Å². The van der Waals surface area contributed by atoms with E-state index in [1.165, 1.54) is 23.8 Å². The Kier molecular flexibility index (Phi) is 3.53. The lowest BCUT2D eigenvalue weighted by molar-refractivity contribution is -0.113. The summed E-state index contributed by atoms with van der Waals surface area (Å²) in [6.07, 6.45) is 7.65. The van der Waals surface area contributed by atoms with Crippen LogP contribution in [-0.4, -0.2) is 20.4 Å². The molecule has 3 aromatic heterocycles. The molecule has 0 aliphatic heterocycles. The maximum Gasteiger partial charge on any atom is 0.286 e. The molecular weight excluding hydrogens is 299 g/mol. The second-order valence-corrected chi connectivity index (χ2v) is 5.09. The van der Waals surface area contributed by atoms with E-state index in [0.29, 0.717) is 16.8 Å². The standard InChI is InChI=1S/C16H13FN4O2/c1-21-8-11(5-13(17)16(21)23)10-4-12-9(2-3-14(18)22)6-19-15(12)20-7-10/h2-8H,1H3,(H2,18,22)(H,19,20). The van der Waals surface area contributed by atoms with Crippen molar-refractivity contribution in [1.82, 2.24) is 14.5 Å². The average molecular weight is 312 g/mol. The molecule has 0 fully saturated rings. The van der Waals surface area contributed by atoms with Gasteiger partial charge in [-0.3, -0.25) is 9.59 Å². The number of primary amides is 1. The van der Waals surface area contributed by atoms with Crippen LogP contribution in [0, 0.1) is 5.82 Å². The second kappa shape index (κ2) is 5.53. The number of nitrogens with zero attached hydrogens (tertiary/aromatic N) is 2. The molecule has 0 saturated carbocycles. The highest BCUT2D eigenvalue weighted by molar-refractivity contribution is 5.95. The Morgan fingerprint density at radius 1 is 1.39 bits per heavy atom. The minimum atomic E-state index is -0.826. The lowest BCUT2D eigenvalue weighted by atomic mass is 10.1. The molecule has 1 amide bonds. The number of hydrogen-bond donors (Lipinski definition) is 2. The van der Waals surface area contributed by atoms with Crippen molar-refractivity contribution in [3.8, 4) is 11.1 Å². The number of amides is 1. The van der Waals surface area contributed by atoms with Gasteiger partial charge in [-0.05, 0) is 18.2 Å². The Morgan fingerprint density at radius 2 is 2.17 bits per heavy atom. The molecule has 0 atom stereocenters. The number of nitrogens with one attached hydrogen (secondary N) is 1. The molecule has 0 aliphatic rings. The second-order valence-electron chi connectivity index (χ2n) is 5.09. The number of H-pyrrole nitrogens is 1. The van der Waals surface area contributed by atoms with Gasteiger partial charge in [-0.25, -0.2) is 9.37 Å². The highest BCUT2D eigenvalue weighted by Gasteiger charge is 2.09. The van der Waals surface area contributed by atoms with Crippen molar-refractivity contribution in [1.29, 1.82) is 0 Å². The Hall–Kier alpha value is -3.22. The molecule has 0 aromatic carbocycles. The normalized spacial score (nSPS) is 11.4. The molecule has 0 aliphatic carbocycles. The number of halogens is 1. The number of fused-ring (bicyclic) bond motifs is 1.